The van der Waals surface area contributed by atoms with Gasteiger partial charge in [-0.25, -0.2) is 0 Å². The minimum absolute atomic E-state index is 0.684. The van der Waals surface area contributed by atoms with Crippen LogP contribution in [-0.2, 0) is 0 Å². The van der Waals surface area contributed by atoms with Crippen LogP contribution in [0, 0.1) is 0 Å². The fourth-order valence-corrected chi connectivity index (χ4v) is 2.49. The molecule has 0 bridgehead atoms. The maximum atomic E-state index is 6.03. The Hall–Kier alpha value is -1.18. The molecule has 82 valence electrons. The van der Waals surface area contributed by atoms with Gasteiger partial charge < -0.3 is 10.6 Å². The Labute approximate surface area is 92.1 Å². The Balaban J connectivity index is 2.24. The summed E-state index contributed by atoms with van der Waals surface area (Å²) in [5, 5.41) is 0. The third-order valence-electron chi connectivity index (χ3n) is 3.34. The monoisotopic (exact) mass is 204 g/mol. The fraction of sp³-hybridized carbons (Fsp3) is 0.538. The first-order valence-corrected chi connectivity index (χ1v) is 5.94. The van der Waals surface area contributed by atoms with Crippen molar-refractivity contribution in [2.75, 3.05) is 17.2 Å². The third kappa shape index (κ3) is 2.09. The second-order valence-corrected chi connectivity index (χ2v) is 4.31. The number of anilines is 2. The molecule has 1 aromatic carbocycles. The fourth-order valence-electron chi connectivity index (χ4n) is 2.49. The van der Waals surface area contributed by atoms with Crippen molar-refractivity contribution < 1.29 is 0 Å². The van der Waals surface area contributed by atoms with Crippen molar-refractivity contribution in [2.45, 2.75) is 38.6 Å². The van der Waals surface area contributed by atoms with Gasteiger partial charge in [-0.05, 0) is 37.8 Å². The molecule has 0 radical (unpaired) electrons. The van der Waals surface area contributed by atoms with E-state index in [9.17, 15) is 0 Å². The number of piperidine rings is 1. The van der Waals surface area contributed by atoms with Crippen LogP contribution in [0.25, 0.3) is 0 Å². The number of nitrogens with zero attached hydrogens (tertiary/aromatic N) is 1. The summed E-state index contributed by atoms with van der Waals surface area (Å²) in [4.78, 5) is 2.48. The summed E-state index contributed by atoms with van der Waals surface area (Å²) in [6.45, 7) is 3.43. The van der Waals surface area contributed by atoms with Crippen molar-refractivity contribution >= 4 is 11.4 Å². The smallest absolute Gasteiger partial charge is 0.0602 e. The van der Waals surface area contributed by atoms with Gasteiger partial charge in [0, 0.05) is 12.6 Å². The lowest BCUT2D eigenvalue weighted by Gasteiger charge is -2.37. The van der Waals surface area contributed by atoms with Gasteiger partial charge in [-0.1, -0.05) is 19.1 Å². The lowest BCUT2D eigenvalue weighted by atomic mass is 9.99. The van der Waals surface area contributed by atoms with E-state index in [1.807, 2.05) is 12.1 Å². The van der Waals surface area contributed by atoms with Crippen molar-refractivity contribution in [3.05, 3.63) is 24.3 Å². The molecule has 1 aliphatic rings. The van der Waals surface area contributed by atoms with Gasteiger partial charge in [0.1, 0.15) is 0 Å². The Morgan fingerprint density at radius 3 is 2.87 bits per heavy atom. The first-order valence-electron chi connectivity index (χ1n) is 5.94. The number of hydrogen-bond donors (Lipinski definition) is 1. The minimum Gasteiger partial charge on any atom is -0.397 e. The van der Waals surface area contributed by atoms with Gasteiger partial charge in [0.05, 0.1) is 11.4 Å². The molecular weight excluding hydrogens is 184 g/mol. The highest BCUT2D eigenvalue weighted by Gasteiger charge is 2.21. The lowest BCUT2D eigenvalue weighted by Crippen LogP contribution is -2.39. The molecule has 0 aliphatic carbocycles. The van der Waals surface area contributed by atoms with Crippen molar-refractivity contribution in [3.63, 3.8) is 0 Å². The van der Waals surface area contributed by atoms with Gasteiger partial charge in [-0.2, -0.15) is 0 Å². The van der Waals surface area contributed by atoms with Crippen LogP contribution >= 0.6 is 0 Å². The maximum absolute atomic E-state index is 6.03. The van der Waals surface area contributed by atoms with Crippen LogP contribution in [-0.4, -0.2) is 12.6 Å². The summed E-state index contributed by atoms with van der Waals surface area (Å²) in [7, 11) is 0. The Bertz CT molecular complexity index is 322. The summed E-state index contributed by atoms with van der Waals surface area (Å²) >= 11 is 0. The average Bonchev–Trinajstić information content (AvgIpc) is 2.30. The van der Waals surface area contributed by atoms with Crippen molar-refractivity contribution in [3.8, 4) is 0 Å². The van der Waals surface area contributed by atoms with Crippen LogP contribution in [0.5, 0.6) is 0 Å². The zero-order chi connectivity index (χ0) is 10.7. The molecule has 15 heavy (non-hydrogen) atoms. The second kappa shape index (κ2) is 4.56. The number of rotatable bonds is 2. The van der Waals surface area contributed by atoms with E-state index in [0.717, 1.165) is 12.2 Å². The molecule has 2 heteroatoms. The highest BCUT2D eigenvalue weighted by Crippen LogP contribution is 2.30. The van der Waals surface area contributed by atoms with Crippen LogP contribution in [0.1, 0.15) is 32.6 Å². The van der Waals surface area contributed by atoms with E-state index in [4.69, 9.17) is 5.73 Å². The zero-order valence-corrected chi connectivity index (χ0v) is 9.45. The van der Waals surface area contributed by atoms with E-state index in [0.29, 0.717) is 6.04 Å². The van der Waals surface area contributed by atoms with Gasteiger partial charge in [0.15, 0.2) is 0 Å². The van der Waals surface area contributed by atoms with E-state index >= 15 is 0 Å². The van der Waals surface area contributed by atoms with Crippen LogP contribution in [0.15, 0.2) is 24.3 Å². The molecule has 0 aromatic heterocycles. The van der Waals surface area contributed by atoms with Gasteiger partial charge in [-0.3, -0.25) is 0 Å². The predicted molar refractivity (Wildman–Crippen MR) is 66.1 cm³/mol. The highest BCUT2D eigenvalue weighted by atomic mass is 15.2. The summed E-state index contributed by atoms with van der Waals surface area (Å²) in [6, 6.07) is 8.90. The van der Waals surface area contributed by atoms with Gasteiger partial charge in [-0.15, -0.1) is 0 Å². The normalized spacial score (nSPS) is 21.7. The summed E-state index contributed by atoms with van der Waals surface area (Å²) in [6.07, 6.45) is 5.19. The van der Waals surface area contributed by atoms with Crippen LogP contribution in [0.3, 0.4) is 0 Å². The molecule has 1 aromatic rings. The predicted octanol–water partition coefficient (Wildman–Crippen LogP) is 3.04. The van der Waals surface area contributed by atoms with E-state index in [-0.39, 0.29) is 0 Å². The largest absolute Gasteiger partial charge is 0.397 e. The van der Waals surface area contributed by atoms with Crippen LogP contribution in [0.2, 0.25) is 0 Å². The summed E-state index contributed by atoms with van der Waals surface area (Å²) < 4.78 is 0. The maximum Gasteiger partial charge on any atom is 0.0602 e. The topological polar surface area (TPSA) is 29.3 Å². The zero-order valence-electron chi connectivity index (χ0n) is 9.45. The molecule has 1 saturated heterocycles. The molecule has 0 unspecified atom stereocenters. The van der Waals surface area contributed by atoms with E-state index in [1.54, 1.807) is 0 Å². The first kappa shape index (κ1) is 10.3. The molecule has 2 N–H and O–H groups in total. The Morgan fingerprint density at radius 1 is 1.33 bits per heavy atom. The van der Waals surface area contributed by atoms with E-state index < -0.39 is 0 Å². The summed E-state index contributed by atoms with van der Waals surface area (Å²) in [5.41, 5.74) is 8.17. The second-order valence-electron chi connectivity index (χ2n) is 4.31. The van der Waals surface area contributed by atoms with E-state index in [1.165, 1.54) is 31.4 Å². The Morgan fingerprint density at radius 2 is 2.13 bits per heavy atom. The molecule has 1 aliphatic heterocycles. The molecule has 1 heterocycles. The van der Waals surface area contributed by atoms with Gasteiger partial charge in [0.25, 0.3) is 0 Å². The number of hydrogen-bond acceptors (Lipinski definition) is 2. The molecule has 2 rings (SSSR count). The molecule has 2 nitrogen and oxygen atoms in total. The SMILES string of the molecule is CC[C@@H]1CCCCN1c1ccccc1N. The van der Waals surface area contributed by atoms with Crippen LogP contribution < -0.4 is 10.6 Å². The van der Waals surface area contributed by atoms with Crippen molar-refractivity contribution in [1.29, 1.82) is 0 Å². The molecule has 0 spiro atoms. The summed E-state index contributed by atoms with van der Waals surface area (Å²) in [5.74, 6) is 0. The number of para-hydroxylation sites is 2. The van der Waals surface area contributed by atoms with Gasteiger partial charge >= 0.3 is 0 Å². The van der Waals surface area contributed by atoms with E-state index in [2.05, 4.69) is 24.0 Å². The lowest BCUT2D eigenvalue weighted by molar-refractivity contribution is 0.450. The molecule has 0 amide bonds. The molecule has 1 fully saturated rings. The number of nitrogens with two attached hydrogens (primary N) is 1. The standard InChI is InChI=1S/C13H20N2/c1-2-11-7-5-6-10-15(11)13-9-4-3-8-12(13)14/h3-4,8-9,11H,2,5-7,10,14H2,1H3/t11-/m1/s1. The number of nitrogen functional groups attached to an aromatic ring is 1. The molecule has 1 atom stereocenters. The number of benzene rings is 1. The molecule has 0 saturated carbocycles. The molecular formula is C13H20N2. The average molecular weight is 204 g/mol. The van der Waals surface area contributed by atoms with Crippen LogP contribution in [0.4, 0.5) is 11.4 Å². The van der Waals surface area contributed by atoms with Gasteiger partial charge in [0.2, 0.25) is 0 Å². The van der Waals surface area contributed by atoms with Crippen molar-refractivity contribution in [1.82, 2.24) is 0 Å². The highest BCUT2D eigenvalue weighted by molar-refractivity contribution is 5.67. The first-order chi connectivity index (χ1) is 7.33. The van der Waals surface area contributed by atoms with Crippen molar-refractivity contribution in [2.24, 2.45) is 0 Å². The Kier molecular flexibility index (Phi) is 3.14. The minimum atomic E-state index is 0.684. The quantitative estimate of drug-likeness (QED) is 0.750. The third-order valence-corrected chi connectivity index (χ3v) is 3.34.